The molecule has 1 aliphatic heterocycles. The Kier molecular flexibility index (Phi) is 6.08. The van der Waals surface area contributed by atoms with Crippen molar-refractivity contribution in [2.45, 2.75) is 6.05 Å². The molecule has 0 aliphatic carbocycles. The smallest absolute Gasteiger partial charge is 0.543 e. The van der Waals surface area contributed by atoms with E-state index < -0.39 is 12.0 Å². The molecule has 1 heterocycles. The number of nitrogens with zero attached hydrogens (tertiary/aromatic N) is 1. The number of carbonyl (C=O) groups is 1. The van der Waals surface area contributed by atoms with Gasteiger partial charge >= 0.3 is 57.4 Å². The van der Waals surface area contributed by atoms with Gasteiger partial charge in [0.25, 0.3) is 0 Å². The van der Waals surface area contributed by atoms with Crippen LogP contribution in [0, 0.1) is 0 Å². The van der Waals surface area contributed by atoms with Gasteiger partial charge in [-0.3, -0.25) is 0 Å². The summed E-state index contributed by atoms with van der Waals surface area (Å²) in [6.07, 6.45) is 0. The Morgan fingerprint density at radius 2 is 1.85 bits per heavy atom. The van der Waals surface area contributed by atoms with Gasteiger partial charge in [0.15, 0.2) is 0 Å². The molecule has 0 aromatic carbocycles. The van der Waals surface area contributed by atoms with E-state index in [1.54, 1.807) is 0 Å². The first-order valence-corrected chi connectivity index (χ1v) is 3.47. The summed E-state index contributed by atoms with van der Waals surface area (Å²) in [5, 5.41) is 9.98. The first-order chi connectivity index (χ1) is 5.55. The average Bonchev–Trinajstić information content (AvgIpc) is 2.06. The van der Waals surface area contributed by atoms with E-state index in [1.807, 2.05) is 0 Å². The molecule has 0 N–H and O–H groups in total. The van der Waals surface area contributed by atoms with Crippen molar-refractivity contribution in [2.75, 3.05) is 26.3 Å². The number of carboxylic acid groups (broad SMARTS) is 1. The molecule has 1 fully saturated rings. The molecule has 0 aromatic rings. The zero-order valence-corrected chi connectivity index (χ0v) is 10.4. The Morgan fingerprint density at radius 1 is 1.38 bits per heavy atom. The monoisotopic (exact) mass is 219 g/mol. The molecule has 0 bridgehead atoms. The van der Waals surface area contributed by atoms with Crippen LogP contribution in [0.3, 0.4) is 0 Å². The number of ether oxygens (including phenoxy) is 1. The summed E-state index contributed by atoms with van der Waals surface area (Å²) in [5.74, 6) is -2.36. The molecule has 1 rings (SSSR count). The number of morpholine rings is 1. The maximum atomic E-state index is 12.6. The molecule has 0 radical (unpaired) electrons. The molecule has 4 nitrogen and oxygen atoms in total. The van der Waals surface area contributed by atoms with Gasteiger partial charge in [-0.15, -0.1) is 0 Å². The molecule has 0 saturated carbocycles. The zero-order chi connectivity index (χ0) is 9.19. The minimum atomic E-state index is -3.87. The van der Waals surface area contributed by atoms with E-state index in [2.05, 4.69) is 0 Å². The molecular weight excluding hydrogens is 211 g/mol. The summed E-state index contributed by atoms with van der Waals surface area (Å²) in [7, 11) is 0. The third kappa shape index (κ3) is 3.50. The number of aliphatic carboxylic acids is 1. The molecule has 0 aromatic heterocycles. The topological polar surface area (TPSA) is 52.6 Å². The SMILES string of the molecule is O=C([O-])C(F)(F)N1CCOCC1.[K+]. The largest absolute Gasteiger partial charge is 1.00 e. The summed E-state index contributed by atoms with van der Waals surface area (Å²) in [5.41, 5.74) is 0. The fraction of sp³-hybridized carbons (Fsp3) is 0.833. The van der Waals surface area contributed by atoms with Crippen LogP contribution < -0.4 is 56.5 Å². The van der Waals surface area contributed by atoms with Gasteiger partial charge < -0.3 is 14.6 Å². The Bertz CT molecular complexity index is 185. The van der Waals surface area contributed by atoms with Crippen molar-refractivity contribution in [1.29, 1.82) is 0 Å². The predicted molar refractivity (Wildman–Crippen MR) is 32.3 cm³/mol. The number of carboxylic acids is 1. The van der Waals surface area contributed by atoms with E-state index >= 15 is 0 Å². The van der Waals surface area contributed by atoms with Crippen LogP contribution in [0.5, 0.6) is 0 Å². The van der Waals surface area contributed by atoms with Crippen LogP contribution >= 0.6 is 0 Å². The van der Waals surface area contributed by atoms with E-state index in [0.29, 0.717) is 4.90 Å². The maximum absolute atomic E-state index is 12.6. The summed E-state index contributed by atoms with van der Waals surface area (Å²) >= 11 is 0. The van der Waals surface area contributed by atoms with E-state index in [0.717, 1.165) is 0 Å². The van der Waals surface area contributed by atoms with Gasteiger partial charge in [0.05, 0.1) is 13.2 Å². The second kappa shape index (κ2) is 5.69. The fourth-order valence-electron chi connectivity index (χ4n) is 0.973. The van der Waals surface area contributed by atoms with E-state index in [1.165, 1.54) is 0 Å². The number of alkyl halides is 2. The van der Waals surface area contributed by atoms with Crippen molar-refractivity contribution < 1.29 is 74.8 Å². The van der Waals surface area contributed by atoms with Crippen molar-refractivity contribution >= 4 is 5.97 Å². The van der Waals surface area contributed by atoms with Gasteiger partial charge in [0.1, 0.15) is 5.97 Å². The van der Waals surface area contributed by atoms with Crippen molar-refractivity contribution in [3.05, 3.63) is 0 Å². The minimum Gasteiger partial charge on any atom is -0.543 e. The summed E-state index contributed by atoms with van der Waals surface area (Å²) < 4.78 is 30.1. The fourth-order valence-corrected chi connectivity index (χ4v) is 0.973. The molecular formula is C6H8F2KNO3. The van der Waals surface area contributed by atoms with Crippen molar-refractivity contribution in [3.8, 4) is 0 Å². The molecule has 0 spiro atoms. The van der Waals surface area contributed by atoms with Crippen molar-refractivity contribution in [2.24, 2.45) is 0 Å². The predicted octanol–water partition coefficient (Wildman–Crippen LogP) is -4.33. The second-order valence-corrected chi connectivity index (χ2v) is 2.43. The van der Waals surface area contributed by atoms with Crippen LogP contribution in [0.1, 0.15) is 0 Å². The average molecular weight is 219 g/mol. The summed E-state index contributed by atoms with van der Waals surface area (Å²) in [6, 6.07) is -3.87. The zero-order valence-electron chi connectivity index (χ0n) is 7.26. The number of halogens is 2. The first-order valence-electron chi connectivity index (χ1n) is 3.47. The quantitative estimate of drug-likeness (QED) is 0.348. The third-order valence-corrected chi connectivity index (χ3v) is 1.65. The van der Waals surface area contributed by atoms with E-state index in [4.69, 9.17) is 4.74 Å². The molecule has 13 heavy (non-hydrogen) atoms. The Labute approximate surface area is 117 Å². The third-order valence-electron chi connectivity index (χ3n) is 1.65. The van der Waals surface area contributed by atoms with Crippen LogP contribution in [-0.2, 0) is 9.53 Å². The van der Waals surface area contributed by atoms with Gasteiger partial charge in [-0.05, 0) is 0 Å². The Morgan fingerprint density at radius 3 is 2.23 bits per heavy atom. The van der Waals surface area contributed by atoms with Gasteiger partial charge in [-0.1, -0.05) is 0 Å². The summed E-state index contributed by atoms with van der Waals surface area (Å²) in [6.45, 7) is 0.0910. The number of rotatable bonds is 2. The van der Waals surface area contributed by atoms with Gasteiger partial charge in [0, 0.05) is 13.1 Å². The van der Waals surface area contributed by atoms with Gasteiger partial charge in [0.2, 0.25) is 0 Å². The summed E-state index contributed by atoms with van der Waals surface area (Å²) in [4.78, 5) is 10.5. The molecule has 0 amide bonds. The Balaban J connectivity index is 0.00000144. The molecule has 1 aliphatic rings. The first kappa shape index (κ1) is 13.9. The normalized spacial score (nSPS) is 19.2. The van der Waals surface area contributed by atoms with E-state index in [-0.39, 0.29) is 77.7 Å². The number of hydrogen-bond acceptors (Lipinski definition) is 4. The standard InChI is InChI=1S/C6H9F2NO3.K/c7-6(8,5(10)11)9-1-3-12-4-2-9;/h1-4H2,(H,10,11);/q;+1/p-1. The number of hydrogen-bond donors (Lipinski definition) is 0. The minimum absolute atomic E-state index is 0. The molecule has 1 saturated heterocycles. The van der Waals surface area contributed by atoms with Crippen LogP contribution in [0.15, 0.2) is 0 Å². The molecule has 7 heteroatoms. The van der Waals surface area contributed by atoms with Gasteiger partial charge in [-0.2, -0.15) is 8.78 Å². The van der Waals surface area contributed by atoms with Gasteiger partial charge in [-0.25, -0.2) is 4.90 Å². The molecule has 70 valence electrons. The van der Waals surface area contributed by atoms with Crippen LogP contribution in [0.25, 0.3) is 0 Å². The number of carbonyl (C=O) groups excluding carboxylic acids is 1. The molecule has 0 atom stereocenters. The second-order valence-electron chi connectivity index (χ2n) is 2.43. The van der Waals surface area contributed by atoms with Crippen molar-refractivity contribution in [3.63, 3.8) is 0 Å². The molecule has 0 unspecified atom stereocenters. The Hall–Kier alpha value is 0.886. The maximum Gasteiger partial charge on any atom is 1.00 e. The van der Waals surface area contributed by atoms with Crippen LogP contribution in [0.4, 0.5) is 8.78 Å². The van der Waals surface area contributed by atoms with Crippen molar-refractivity contribution in [1.82, 2.24) is 4.90 Å². The van der Waals surface area contributed by atoms with E-state index in [9.17, 15) is 18.7 Å². The van der Waals surface area contributed by atoms with Crippen LogP contribution in [0.2, 0.25) is 0 Å². The van der Waals surface area contributed by atoms with Crippen LogP contribution in [-0.4, -0.2) is 43.2 Å².